The quantitative estimate of drug-likeness (QED) is 0.636. The zero-order chi connectivity index (χ0) is 8.39. The first-order chi connectivity index (χ1) is 5.86. The van der Waals surface area contributed by atoms with Crippen LogP contribution in [0.2, 0.25) is 0 Å². The van der Waals surface area contributed by atoms with Crippen molar-refractivity contribution in [1.82, 2.24) is 20.2 Å². The first-order valence-corrected chi connectivity index (χ1v) is 3.43. The summed E-state index contributed by atoms with van der Waals surface area (Å²) in [6.07, 6.45) is 3.14. The predicted octanol–water partition coefficient (Wildman–Crippen LogP) is 0.449. The minimum Gasteiger partial charge on any atom is -0.382 e. The molecule has 2 rings (SSSR count). The maximum absolute atomic E-state index is 5.43. The normalized spacial score (nSPS) is 10.0. The number of hydrogen-bond acceptors (Lipinski definition) is 4. The zero-order valence-corrected chi connectivity index (χ0v) is 6.23. The molecule has 0 atom stereocenters. The van der Waals surface area contributed by atoms with Gasteiger partial charge in [-0.1, -0.05) is 0 Å². The molecule has 0 fully saturated rings. The molecule has 0 amide bonds. The molecule has 2 aromatic heterocycles. The minimum atomic E-state index is 0.462. The Morgan fingerprint density at radius 1 is 1.42 bits per heavy atom. The fraction of sp³-hybridized carbons (Fsp3) is 0. The summed E-state index contributed by atoms with van der Waals surface area (Å²) in [4.78, 5) is 7.83. The lowest BCUT2D eigenvalue weighted by Gasteiger charge is -1.91. The van der Waals surface area contributed by atoms with Gasteiger partial charge in [0.1, 0.15) is 12.1 Å². The number of hydrogen-bond donors (Lipinski definition) is 2. The topological polar surface area (TPSA) is 80.5 Å². The molecule has 0 radical (unpaired) electrons. The molecule has 5 nitrogen and oxygen atoms in total. The second kappa shape index (κ2) is 2.61. The van der Waals surface area contributed by atoms with Crippen LogP contribution in [0, 0.1) is 0 Å². The van der Waals surface area contributed by atoms with Crippen LogP contribution >= 0.6 is 0 Å². The number of aromatic amines is 1. The van der Waals surface area contributed by atoms with Crippen LogP contribution in [0.5, 0.6) is 0 Å². The number of nitrogens with one attached hydrogen (secondary N) is 1. The maximum Gasteiger partial charge on any atom is 0.145 e. The van der Waals surface area contributed by atoms with Gasteiger partial charge >= 0.3 is 0 Å². The van der Waals surface area contributed by atoms with Crippen LogP contribution in [0.15, 0.2) is 24.7 Å². The molecule has 0 saturated heterocycles. The molecule has 12 heavy (non-hydrogen) atoms. The summed E-state index contributed by atoms with van der Waals surface area (Å²) in [6.45, 7) is 0. The van der Waals surface area contributed by atoms with Crippen molar-refractivity contribution in [2.45, 2.75) is 0 Å². The summed E-state index contributed by atoms with van der Waals surface area (Å²) < 4.78 is 0. The Morgan fingerprint density at radius 3 is 2.92 bits per heavy atom. The summed E-state index contributed by atoms with van der Waals surface area (Å²) >= 11 is 0. The van der Waals surface area contributed by atoms with Crippen molar-refractivity contribution in [1.29, 1.82) is 0 Å². The average Bonchev–Trinajstić information content (AvgIpc) is 2.54. The molecule has 0 aliphatic heterocycles. The van der Waals surface area contributed by atoms with E-state index in [1.54, 1.807) is 18.3 Å². The van der Waals surface area contributed by atoms with Crippen molar-refractivity contribution in [3.05, 3.63) is 24.7 Å². The van der Waals surface area contributed by atoms with E-state index in [2.05, 4.69) is 20.2 Å². The van der Waals surface area contributed by atoms with E-state index in [4.69, 9.17) is 5.73 Å². The van der Waals surface area contributed by atoms with Gasteiger partial charge in [0, 0.05) is 12.3 Å². The molecular weight excluding hydrogens is 154 g/mol. The van der Waals surface area contributed by atoms with E-state index >= 15 is 0 Å². The van der Waals surface area contributed by atoms with Crippen LogP contribution in [0.4, 0.5) is 5.82 Å². The lowest BCUT2D eigenvalue weighted by atomic mass is 10.3. The molecule has 0 aliphatic carbocycles. The molecule has 0 aliphatic rings. The predicted molar refractivity (Wildman–Crippen MR) is 44.0 cm³/mol. The number of aromatic nitrogens is 4. The zero-order valence-electron chi connectivity index (χ0n) is 6.23. The molecule has 0 aromatic carbocycles. The molecule has 0 spiro atoms. The smallest absolute Gasteiger partial charge is 0.145 e. The van der Waals surface area contributed by atoms with E-state index in [1.165, 1.54) is 6.33 Å². The fourth-order valence-electron chi connectivity index (χ4n) is 0.918. The highest BCUT2D eigenvalue weighted by atomic mass is 15.2. The molecule has 0 saturated carbocycles. The highest BCUT2D eigenvalue weighted by Gasteiger charge is 2.00. The summed E-state index contributed by atoms with van der Waals surface area (Å²) in [5.74, 6) is 0.462. The summed E-state index contributed by atoms with van der Waals surface area (Å²) in [5, 5.41) is 6.54. The van der Waals surface area contributed by atoms with Gasteiger partial charge in [-0.05, 0) is 6.07 Å². The van der Waals surface area contributed by atoms with Crippen LogP contribution < -0.4 is 5.73 Å². The number of H-pyrrole nitrogens is 1. The van der Waals surface area contributed by atoms with Gasteiger partial charge in [-0.2, -0.15) is 5.10 Å². The number of nitrogens with two attached hydrogens (primary N) is 1. The van der Waals surface area contributed by atoms with Crippen molar-refractivity contribution in [3.63, 3.8) is 0 Å². The Balaban J connectivity index is 2.45. The Bertz CT molecular complexity index is 366. The Hall–Kier alpha value is -1.91. The van der Waals surface area contributed by atoms with Gasteiger partial charge < -0.3 is 5.73 Å². The highest BCUT2D eigenvalue weighted by molar-refractivity contribution is 5.56. The van der Waals surface area contributed by atoms with Crippen molar-refractivity contribution in [2.24, 2.45) is 0 Å². The SMILES string of the molecule is Nc1cc(-c2ccncn2)[nH]n1. The van der Waals surface area contributed by atoms with Gasteiger partial charge in [-0.3, -0.25) is 5.10 Å². The second-order valence-electron chi connectivity index (χ2n) is 2.30. The van der Waals surface area contributed by atoms with E-state index in [0.29, 0.717) is 5.82 Å². The molecule has 60 valence electrons. The average molecular weight is 161 g/mol. The molecule has 0 unspecified atom stereocenters. The standard InChI is InChI=1S/C7H7N5/c8-7-3-6(11-12-7)5-1-2-9-4-10-5/h1-4H,(H3,8,11,12). The Labute approximate surface area is 68.7 Å². The highest BCUT2D eigenvalue weighted by Crippen LogP contribution is 2.13. The van der Waals surface area contributed by atoms with Gasteiger partial charge in [-0.25, -0.2) is 9.97 Å². The van der Waals surface area contributed by atoms with Crippen LogP contribution in [0.25, 0.3) is 11.4 Å². The summed E-state index contributed by atoms with van der Waals surface area (Å²) in [6, 6.07) is 3.51. The van der Waals surface area contributed by atoms with Gasteiger partial charge in [-0.15, -0.1) is 0 Å². The van der Waals surface area contributed by atoms with Crippen molar-refractivity contribution < 1.29 is 0 Å². The lowest BCUT2D eigenvalue weighted by molar-refractivity contribution is 1.08. The van der Waals surface area contributed by atoms with Gasteiger partial charge in [0.2, 0.25) is 0 Å². The number of nitrogens with zero attached hydrogens (tertiary/aromatic N) is 3. The van der Waals surface area contributed by atoms with Crippen LogP contribution in [-0.4, -0.2) is 20.2 Å². The van der Waals surface area contributed by atoms with Crippen LogP contribution in [0.3, 0.4) is 0 Å². The Morgan fingerprint density at radius 2 is 2.33 bits per heavy atom. The van der Waals surface area contributed by atoms with E-state index < -0.39 is 0 Å². The molecular formula is C7H7N5. The molecule has 2 aromatic rings. The van der Waals surface area contributed by atoms with Crippen molar-refractivity contribution in [3.8, 4) is 11.4 Å². The van der Waals surface area contributed by atoms with Crippen molar-refractivity contribution >= 4 is 5.82 Å². The van der Waals surface area contributed by atoms with E-state index in [0.717, 1.165) is 11.4 Å². The molecule has 5 heteroatoms. The fourth-order valence-corrected chi connectivity index (χ4v) is 0.918. The van der Waals surface area contributed by atoms with Crippen LogP contribution in [0.1, 0.15) is 0 Å². The number of rotatable bonds is 1. The van der Waals surface area contributed by atoms with Crippen molar-refractivity contribution in [2.75, 3.05) is 5.73 Å². The van der Waals surface area contributed by atoms with E-state index in [1.807, 2.05) is 0 Å². The largest absolute Gasteiger partial charge is 0.382 e. The lowest BCUT2D eigenvalue weighted by Crippen LogP contribution is -1.83. The maximum atomic E-state index is 5.43. The van der Waals surface area contributed by atoms with E-state index in [-0.39, 0.29) is 0 Å². The first-order valence-electron chi connectivity index (χ1n) is 3.43. The van der Waals surface area contributed by atoms with Gasteiger partial charge in [0.05, 0.1) is 11.4 Å². The number of nitrogen functional groups attached to an aromatic ring is 1. The van der Waals surface area contributed by atoms with Gasteiger partial charge in [0.15, 0.2) is 0 Å². The second-order valence-corrected chi connectivity index (χ2v) is 2.30. The molecule has 3 N–H and O–H groups in total. The third-order valence-corrected chi connectivity index (χ3v) is 1.46. The summed E-state index contributed by atoms with van der Waals surface area (Å²) in [5.41, 5.74) is 7.02. The van der Waals surface area contributed by atoms with Gasteiger partial charge in [0.25, 0.3) is 0 Å². The summed E-state index contributed by atoms with van der Waals surface area (Å²) in [7, 11) is 0. The third kappa shape index (κ3) is 1.12. The minimum absolute atomic E-state index is 0.462. The monoisotopic (exact) mass is 161 g/mol. The Kier molecular flexibility index (Phi) is 1.48. The first kappa shape index (κ1) is 6.78. The molecule has 2 heterocycles. The van der Waals surface area contributed by atoms with E-state index in [9.17, 15) is 0 Å². The molecule has 0 bridgehead atoms. The van der Waals surface area contributed by atoms with Crippen LogP contribution in [-0.2, 0) is 0 Å². The third-order valence-electron chi connectivity index (χ3n) is 1.46. The number of anilines is 1.